The Hall–Kier alpha value is -3.73. The Morgan fingerprint density at radius 1 is 1.09 bits per heavy atom. The van der Waals surface area contributed by atoms with Crippen LogP contribution in [0.1, 0.15) is 49.5 Å². The minimum absolute atomic E-state index is 0.00319. The van der Waals surface area contributed by atoms with Crippen molar-refractivity contribution in [1.29, 1.82) is 5.26 Å². The van der Waals surface area contributed by atoms with Crippen LogP contribution in [0, 0.1) is 17.1 Å². The minimum Gasteiger partial charge on any atom is -0.455 e. The molecule has 1 N–H and O–H groups in total. The van der Waals surface area contributed by atoms with E-state index in [9.17, 15) is 18.8 Å². The Labute approximate surface area is 193 Å². The maximum Gasteiger partial charge on any atom is 0.308 e. The van der Waals surface area contributed by atoms with Gasteiger partial charge in [0.25, 0.3) is 11.8 Å². The summed E-state index contributed by atoms with van der Waals surface area (Å²) >= 11 is 0. The van der Waals surface area contributed by atoms with Gasteiger partial charge in [0.2, 0.25) is 0 Å². The molecule has 7 nitrogen and oxygen atoms in total. The van der Waals surface area contributed by atoms with E-state index in [2.05, 4.69) is 26.1 Å². The molecule has 2 aromatic carbocycles. The van der Waals surface area contributed by atoms with Gasteiger partial charge in [-0.1, -0.05) is 45.0 Å². The summed E-state index contributed by atoms with van der Waals surface area (Å²) in [4.78, 5) is 37.8. The summed E-state index contributed by atoms with van der Waals surface area (Å²) in [7, 11) is 0. The third kappa shape index (κ3) is 7.72. The van der Waals surface area contributed by atoms with Crippen molar-refractivity contribution in [3.63, 3.8) is 0 Å². The van der Waals surface area contributed by atoms with Gasteiger partial charge in [-0.3, -0.25) is 14.4 Å². The second kappa shape index (κ2) is 11.8. The largest absolute Gasteiger partial charge is 0.455 e. The molecular formula is C25H28FN3O4. The van der Waals surface area contributed by atoms with E-state index in [0.717, 1.165) is 10.5 Å². The number of hydrogen-bond acceptors (Lipinski definition) is 5. The molecule has 0 saturated heterocycles. The molecule has 0 bridgehead atoms. The van der Waals surface area contributed by atoms with Gasteiger partial charge in [0.15, 0.2) is 6.61 Å². The lowest BCUT2D eigenvalue weighted by atomic mass is 9.87. The molecule has 0 atom stereocenters. The van der Waals surface area contributed by atoms with E-state index >= 15 is 0 Å². The van der Waals surface area contributed by atoms with E-state index in [1.807, 2.05) is 18.2 Å². The second-order valence-corrected chi connectivity index (χ2v) is 8.40. The van der Waals surface area contributed by atoms with Gasteiger partial charge < -0.3 is 15.0 Å². The Morgan fingerprint density at radius 3 is 2.36 bits per heavy atom. The van der Waals surface area contributed by atoms with Crippen LogP contribution in [0.15, 0.2) is 48.5 Å². The molecule has 0 aromatic heterocycles. The number of anilines is 1. The molecule has 174 valence electrons. The van der Waals surface area contributed by atoms with Crippen LogP contribution in [0.4, 0.5) is 10.1 Å². The van der Waals surface area contributed by atoms with Crippen molar-refractivity contribution in [3.05, 3.63) is 65.5 Å². The van der Waals surface area contributed by atoms with E-state index in [4.69, 9.17) is 10.00 Å². The predicted molar refractivity (Wildman–Crippen MR) is 122 cm³/mol. The van der Waals surface area contributed by atoms with E-state index < -0.39 is 24.3 Å². The number of carbonyl (C=O) groups is 3. The summed E-state index contributed by atoms with van der Waals surface area (Å²) in [5, 5.41) is 11.4. The molecule has 2 rings (SSSR count). The maximum atomic E-state index is 14.1. The van der Waals surface area contributed by atoms with Crippen molar-refractivity contribution in [1.82, 2.24) is 5.32 Å². The number of rotatable bonds is 9. The summed E-state index contributed by atoms with van der Waals surface area (Å²) < 4.78 is 19.0. The highest BCUT2D eigenvalue weighted by atomic mass is 19.1. The number of nitrogens with zero attached hydrogens (tertiary/aromatic N) is 2. The molecule has 0 aliphatic heterocycles. The van der Waals surface area contributed by atoms with Gasteiger partial charge in [-0.2, -0.15) is 5.26 Å². The van der Waals surface area contributed by atoms with Crippen LogP contribution >= 0.6 is 0 Å². The SMILES string of the molecule is CC(C)(C)c1ccc(C(=O)NCCC(=O)OCC(=O)N(CCC#N)c2ccccc2F)cc1. The first-order valence-electron chi connectivity index (χ1n) is 10.6. The number of hydrogen-bond donors (Lipinski definition) is 1. The summed E-state index contributed by atoms with van der Waals surface area (Å²) in [5.74, 6) is -2.26. The van der Waals surface area contributed by atoms with Crippen LogP contribution in [0.5, 0.6) is 0 Å². The van der Waals surface area contributed by atoms with Crippen molar-refractivity contribution >= 4 is 23.5 Å². The normalized spacial score (nSPS) is 10.8. The summed E-state index contributed by atoms with van der Waals surface area (Å²) in [5.41, 5.74) is 1.57. The third-order valence-corrected chi connectivity index (χ3v) is 4.88. The van der Waals surface area contributed by atoms with Crippen LogP contribution in [0.3, 0.4) is 0 Å². The highest BCUT2D eigenvalue weighted by Crippen LogP contribution is 2.22. The zero-order valence-electron chi connectivity index (χ0n) is 19.1. The Balaban J connectivity index is 1.83. The highest BCUT2D eigenvalue weighted by molar-refractivity contribution is 5.96. The number of halogens is 1. The molecule has 0 aliphatic carbocycles. The molecule has 0 saturated carbocycles. The fourth-order valence-electron chi connectivity index (χ4n) is 3.01. The Morgan fingerprint density at radius 2 is 1.76 bits per heavy atom. The second-order valence-electron chi connectivity index (χ2n) is 8.40. The van der Waals surface area contributed by atoms with E-state index in [0.29, 0.717) is 5.56 Å². The molecule has 2 aromatic rings. The molecule has 0 radical (unpaired) electrons. The molecule has 0 aliphatic rings. The van der Waals surface area contributed by atoms with Crippen molar-refractivity contribution in [2.24, 2.45) is 0 Å². The smallest absolute Gasteiger partial charge is 0.308 e. The monoisotopic (exact) mass is 453 g/mol. The molecule has 0 heterocycles. The molecular weight excluding hydrogens is 425 g/mol. The number of nitriles is 1. The van der Waals surface area contributed by atoms with Crippen molar-refractivity contribution in [2.75, 3.05) is 24.6 Å². The Kier molecular flexibility index (Phi) is 9.10. The van der Waals surface area contributed by atoms with Gasteiger partial charge in [-0.25, -0.2) is 4.39 Å². The van der Waals surface area contributed by atoms with Gasteiger partial charge in [0, 0.05) is 18.7 Å². The van der Waals surface area contributed by atoms with E-state index in [1.165, 1.54) is 18.2 Å². The van der Waals surface area contributed by atoms with Crippen LogP contribution in [0.2, 0.25) is 0 Å². The van der Waals surface area contributed by atoms with Gasteiger partial charge in [-0.05, 0) is 35.2 Å². The van der Waals surface area contributed by atoms with Crippen molar-refractivity contribution in [3.8, 4) is 6.07 Å². The van der Waals surface area contributed by atoms with Gasteiger partial charge in [0.1, 0.15) is 5.82 Å². The average Bonchev–Trinajstić information content (AvgIpc) is 2.78. The highest BCUT2D eigenvalue weighted by Gasteiger charge is 2.20. The summed E-state index contributed by atoms with van der Waals surface area (Å²) in [6.45, 7) is 5.66. The number of para-hydroxylation sites is 1. The lowest BCUT2D eigenvalue weighted by Crippen LogP contribution is -2.36. The fourth-order valence-corrected chi connectivity index (χ4v) is 3.01. The number of benzene rings is 2. The summed E-state index contributed by atoms with van der Waals surface area (Å²) in [6.07, 6.45) is -0.131. The van der Waals surface area contributed by atoms with Gasteiger partial charge in [0.05, 0.1) is 24.6 Å². The average molecular weight is 454 g/mol. The quantitative estimate of drug-likeness (QED) is 0.583. The minimum atomic E-state index is -0.680. The van der Waals surface area contributed by atoms with Gasteiger partial charge >= 0.3 is 5.97 Å². The summed E-state index contributed by atoms with van der Waals surface area (Å²) in [6, 6.07) is 14.8. The molecule has 33 heavy (non-hydrogen) atoms. The first kappa shape index (κ1) is 25.5. The number of carbonyl (C=O) groups excluding carboxylic acids is 3. The van der Waals surface area contributed by atoms with Crippen molar-refractivity contribution < 1.29 is 23.5 Å². The molecule has 0 fully saturated rings. The maximum absolute atomic E-state index is 14.1. The van der Waals surface area contributed by atoms with Crippen LogP contribution < -0.4 is 10.2 Å². The zero-order valence-corrected chi connectivity index (χ0v) is 19.1. The van der Waals surface area contributed by atoms with Crippen molar-refractivity contribution in [2.45, 2.75) is 39.0 Å². The first-order valence-corrected chi connectivity index (χ1v) is 10.6. The molecule has 0 spiro atoms. The number of ether oxygens (including phenoxy) is 1. The lowest BCUT2D eigenvalue weighted by Gasteiger charge is -2.22. The number of amides is 2. The Bertz CT molecular complexity index is 1020. The molecule has 2 amide bonds. The first-order chi connectivity index (χ1) is 15.6. The van der Waals surface area contributed by atoms with Crippen LogP contribution in [0.25, 0.3) is 0 Å². The van der Waals surface area contributed by atoms with Gasteiger partial charge in [-0.15, -0.1) is 0 Å². The standard InChI is InChI=1S/C25H28FN3O4/c1-25(2,3)19-11-9-18(10-12-19)24(32)28-15-13-23(31)33-17-22(30)29(16-6-14-27)21-8-5-4-7-20(21)26/h4-5,7-12H,6,13,15-17H2,1-3H3,(H,28,32). The lowest BCUT2D eigenvalue weighted by molar-refractivity contribution is -0.147. The zero-order chi connectivity index (χ0) is 24.4. The number of esters is 1. The number of nitrogens with one attached hydrogen (secondary N) is 1. The van der Waals surface area contributed by atoms with E-state index in [1.54, 1.807) is 18.2 Å². The van der Waals surface area contributed by atoms with Crippen LogP contribution in [-0.4, -0.2) is 37.5 Å². The fraction of sp³-hybridized carbons (Fsp3) is 0.360. The van der Waals surface area contributed by atoms with Crippen LogP contribution in [-0.2, 0) is 19.7 Å². The topological polar surface area (TPSA) is 99.5 Å². The molecule has 8 heteroatoms. The predicted octanol–water partition coefficient (Wildman–Crippen LogP) is 3.73. The molecule has 0 unspecified atom stereocenters. The third-order valence-electron chi connectivity index (χ3n) is 4.88. The van der Waals surface area contributed by atoms with E-state index in [-0.39, 0.29) is 42.9 Å².